The zero-order chi connectivity index (χ0) is 14.4. The molecule has 0 aliphatic heterocycles. The lowest BCUT2D eigenvalue weighted by Gasteiger charge is -2.05. The Labute approximate surface area is 117 Å². The van der Waals surface area contributed by atoms with Gasteiger partial charge in [0.2, 0.25) is 5.95 Å². The number of imidazole rings is 1. The van der Waals surface area contributed by atoms with Crippen molar-refractivity contribution < 1.29 is 9.47 Å². The number of methoxy groups -OCH3 is 1. The molecular weight excluding hydrogens is 256 g/mol. The van der Waals surface area contributed by atoms with Gasteiger partial charge in [-0.2, -0.15) is 5.10 Å². The van der Waals surface area contributed by atoms with Crippen LogP contribution in [0.1, 0.15) is 11.3 Å². The van der Waals surface area contributed by atoms with E-state index in [1.165, 1.54) is 4.68 Å². The molecule has 0 saturated carbocycles. The van der Waals surface area contributed by atoms with Crippen molar-refractivity contribution in [3.05, 3.63) is 41.7 Å². The number of aromatic nitrogens is 2. The third-order valence-corrected chi connectivity index (χ3v) is 2.58. The molecule has 0 amide bonds. The SMILES string of the molecule is COCCOc1cccc(C=Nn2cc(C)nc2N)c1. The lowest BCUT2D eigenvalue weighted by Crippen LogP contribution is -2.04. The van der Waals surface area contributed by atoms with Crippen LogP contribution in [0.15, 0.2) is 35.6 Å². The summed E-state index contributed by atoms with van der Waals surface area (Å²) in [5.41, 5.74) is 7.47. The van der Waals surface area contributed by atoms with Gasteiger partial charge in [0.15, 0.2) is 0 Å². The monoisotopic (exact) mass is 274 g/mol. The van der Waals surface area contributed by atoms with E-state index in [1.807, 2.05) is 31.2 Å². The summed E-state index contributed by atoms with van der Waals surface area (Å²) >= 11 is 0. The highest BCUT2D eigenvalue weighted by atomic mass is 16.5. The normalized spacial score (nSPS) is 11.1. The number of anilines is 1. The van der Waals surface area contributed by atoms with Crippen LogP contribution in [-0.2, 0) is 4.74 Å². The van der Waals surface area contributed by atoms with Crippen LogP contribution in [0.4, 0.5) is 5.95 Å². The van der Waals surface area contributed by atoms with Crippen LogP contribution < -0.4 is 10.5 Å². The Kier molecular flexibility index (Phi) is 4.73. The van der Waals surface area contributed by atoms with E-state index in [-0.39, 0.29) is 0 Å². The van der Waals surface area contributed by atoms with Crippen LogP contribution in [0.2, 0.25) is 0 Å². The van der Waals surface area contributed by atoms with Crippen molar-refractivity contribution >= 4 is 12.2 Å². The van der Waals surface area contributed by atoms with Crippen LogP contribution >= 0.6 is 0 Å². The summed E-state index contributed by atoms with van der Waals surface area (Å²) in [6, 6.07) is 7.64. The summed E-state index contributed by atoms with van der Waals surface area (Å²) in [5, 5.41) is 4.26. The number of nitrogen functional groups attached to an aromatic ring is 1. The second-order valence-corrected chi connectivity index (χ2v) is 4.24. The predicted octanol–water partition coefficient (Wildman–Crippen LogP) is 1.68. The molecule has 0 unspecified atom stereocenters. The van der Waals surface area contributed by atoms with Gasteiger partial charge in [0.1, 0.15) is 12.4 Å². The minimum absolute atomic E-state index is 0.367. The molecule has 0 bridgehead atoms. The molecule has 1 aromatic carbocycles. The van der Waals surface area contributed by atoms with Gasteiger partial charge in [-0.05, 0) is 24.6 Å². The Hall–Kier alpha value is -2.34. The molecule has 1 heterocycles. The van der Waals surface area contributed by atoms with Gasteiger partial charge in [0.25, 0.3) is 0 Å². The Morgan fingerprint density at radius 3 is 2.95 bits per heavy atom. The molecule has 0 atom stereocenters. The molecule has 0 aliphatic carbocycles. The summed E-state index contributed by atoms with van der Waals surface area (Å²) in [6.45, 7) is 2.95. The molecule has 0 spiro atoms. The van der Waals surface area contributed by atoms with Crippen LogP contribution in [0.3, 0.4) is 0 Å². The third kappa shape index (κ3) is 3.83. The molecule has 20 heavy (non-hydrogen) atoms. The first kappa shape index (κ1) is 14.1. The van der Waals surface area contributed by atoms with Crippen LogP contribution in [0, 0.1) is 6.92 Å². The first-order valence-electron chi connectivity index (χ1n) is 6.26. The van der Waals surface area contributed by atoms with E-state index >= 15 is 0 Å². The standard InChI is InChI=1S/C14H18N4O2/c1-11-10-18(14(15)17-11)16-9-12-4-3-5-13(8-12)20-7-6-19-2/h3-5,8-10H,6-7H2,1-2H3,(H2,15,17). The number of nitrogens with zero attached hydrogens (tertiary/aromatic N) is 3. The van der Waals surface area contributed by atoms with Gasteiger partial charge in [-0.25, -0.2) is 9.66 Å². The number of aryl methyl sites for hydroxylation is 1. The maximum absolute atomic E-state index is 5.72. The van der Waals surface area contributed by atoms with Crippen molar-refractivity contribution in [3.63, 3.8) is 0 Å². The Morgan fingerprint density at radius 1 is 1.40 bits per heavy atom. The second-order valence-electron chi connectivity index (χ2n) is 4.24. The van der Waals surface area contributed by atoms with E-state index in [1.54, 1.807) is 19.5 Å². The Morgan fingerprint density at radius 2 is 2.25 bits per heavy atom. The number of nitrogens with two attached hydrogens (primary N) is 1. The molecule has 2 aromatic rings. The number of hydrogen-bond acceptors (Lipinski definition) is 5. The van der Waals surface area contributed by atoms with Crippen molar-refractivity contribution in [3.8, 4) is 5.75 Å². The van der Waals surface area contributed by atoms with E-state index in [2.05, 4.69) is 10.1 Å². The number of rotatable bonds is 6. The minimum atomic E-state index is 0.367. The molecule has 1 aromatic heterocycles. The van der Waals surface area contributed by atoms with Gasteiger partial charge < -0.3 is 15.2 Å². The van der Waals surface area contributed by atoms with E-state index < -0.39 is 0 Å². The Balaban J connectivity index is 2.05. The largest absolute Gasteiger partial charge is 0.491 e. The van der Waals surface area contributed by atoms with Crippen LogP contribution in [0.25, 0.3) is 0 Å². The van der Waals surface area contributed by atoms with Crippen molar-refractivity contribution in [2.45, 2.75) is 6.92 Å². The van der Waals surface area contributed by atoms with Crippen LogP contribution in [-0.4, -0.2) is 36.2 Å². The molecule has 6 nitrogen and oxygen atoms in total. The minimum Gasteiger partial charge on any atom is -0.491 e. The number of benzene rings is 1. The van der Waals surface area contributed by atoms with Gasteiger partial charge in [0, 0.05) is 7.11 Å². The molecule has 106 valence electrons. The smallest absolute Gasteiger partial charge is 0.221 e. The zero-order valence-electron chi connectivity index (χ0n) is 11.6. The first-order chi connectivity index (χ1) is 9.69. The molecular formula is C14H18N4O2. The maximum atomic E-state index is 5.72. The highest BCUT2D eigenvalue weighted by Crippen LogP contribution is 2.12. The molecule has 0 aliphatic rings. The molecule has 0 fully saturated rings. The Bertz CT molecular complexity index is 593. The average molecular weight is 274 g/mol. The topological polar surface area (TPSA) is 74.7 Å². The zero-order valence-corrected chi connectivity index (χ0v) is 11.6. The fraction of sp³-hybridized carbons (Fsp3) is 0.286. The summed E-state index contributed by atoms with van der Waals surface area (Å²) < 4.78 is 12.0. The van der Waals surface area contributed by atoms with E-state index in [9.17, 15) is 0 Å². The quantitative estimate of drug-likeness (QED) is 0.642. The summed E-state index contributed by atoms with van der Waals surface area (Å²) in [7, 11) is 1.64. The van der Waals surface area contributed by atoms with E-state index in [0.29, 0.717) is 19.2 Å². The van der Waals surface area contributed by atoms with Gasteiger partial charge in [0.05, 0.1) is 24.7 Å². The van der Waals surface area contributed by atoms with Gasteiger partial charge >= 0.3 is 0 Å². The lowest BCUT2D eigenvalue weighted by molar-refractivity contribution is 0.146. The fourth-order valence-corrected chi connectivity index (χ4v) is 1.65. The van der Waals surface area contributed by atoms with Gasteiger partial charge in [-0.1, -0.05) is 12.1 Å². The first-order valence-corrected chi connectivity index (χ1v) is 6.26. The summed E-state index contributed by atoms with van der Waals surface area (Å²) in [6.07, 6.45) is 3.48. The summed E-state index contributed by atoms with van der Waals surface area (Å²) in [4.78, 5) is 4.08. The van der Waals surface area contributed by atoms with Gasteiger partial charge in [-0.3, -0.25) is 0 Å². The van der Waals surface area contributed by atoms with Crippen molar-refractivity contribution in [2.24, 2.45) is 5.10 Å². The van der Waals surface area contributed by atoms with E-state index in [0.717, 1.165) is 17.0 Å². The van der Waals surface area contributed by atoms with Gasteiger partial charge in [-0.15, -0.1) is 0 Å². The lowest BCUT2D eigenvalue weighted by atomic mass is 10.2. The fourth-order valence-electron chi connectivity index (χ4n) is 1.65. The second kappa shape index (κ2) is 6.72. The number of ether oxygens (including phenoxy) is 2. The third-order valence-electron chi connectivity index (χ3n) is 2.58. The van der Waals surface area contributed by atoms with Crippen molar-refractivity contribution in [1.29, 1.82) is 0 Å². The molecule has 0 saturated heterocycles. The highest BCUT2D eigenvalue weighted by Gasteiger charge is 1.99. The average Bonchev–Trinajstić information content (AvgIpc) is 2.76. The number of hydrogen-bond donors (Lipinski definition) is 1. The van der Waals surface area contributed by atoms with Crippen molar-refractivity contribution in [2.75, 3.05) is 26.1 Å². The van der Waals surface area contributed by atoms with E-state index in [4.69, 9.17) is 15.2 Å². The maximum Gasteiger partial charge on any atom is 0.221 e. The van der Waals surface area contributed by atoms with Crippen molar-refractivity contribution in [1.82, 2.24) is 9.66 Å². The summed E-state index contributed by atoms with van der Waals surface area (Å²) in [5.74, 6) is 1.15. The molecule has 2 N–H and O–H groups in total. The van der Waals surface area contributed by atoms with Crippen LogP contribution in [0.5, 0.6) is 5.75 Å². The predicted molar refractivity (Wildman–Crippen MR) is 78.2 cm³/mol. The highest BCUT2D eigenvalue weighted by molar-refractivity contribution is 5.80. The molecule has 6 heteroatoms. The molecule has 0 radical (unpaired) electrons. The molecule has 2 rings (SSSR count).